The molecule has 4 heteroatoms. The van der Waals surface area contributed by atoms with Gasteiger partial charge < -0.3 is 10.8 Å². The van der Waals surface area contributed by atoms with E-state index in [-0.39, 0.29) is 0 Å². The van der Waals surface area contributed by atoms with Crippen molar-refractivity contribution in [3.8, 4) is 0 Å². The van der Waals surface area contributed by atoms with E-state index in [4.69, 9.17) is 5.73 Å². The van der Waals surface area contributed by atoms with Gasteiger partial charge in [-0.3, -0.25) is 0 Å². The van der Waals surface area contributed by atoms with E-state index in [0.29, 0.717) is 27.9 Å². The van der Waals surface area contributed by atoms with Gasteiger partial charge in [0.2, 0.25) is 0 Å². The van der Waals surface area contributed by atoms with Crippen molar-refractivity contribution in [2.24, 2.45) is 0 Å². The average Bonchev–Trinajstić information content (AvgIpc) is 2.37. The highest BCUT2D eigenvalue weighted by Crippen LogP contribution is 2.45. The molecule has 1 aromatic rings. The van der Waals surface area contributed by atoms with Crippen molar-refractivity contribution in [1.82, 2.24) is 0 Å². The van der Waals surface area contributed by atoms with Crippen molar-refractivity contribution in [2.45, 2.75) is 70.6 Å². The van der Waals surface area contributed by atoms with Crippen LogP contribution in [0, 0.1) is 0 Å². The standard InChI is InChI=1S/C18H31NO2Si/c1-12(2)22(13(3)4,14(5)6)8-7-15-9-16(18(20)21)11-17(19)10-15/h9-14H,7-8,19H2,1-6H3,(H,20,21). The van der Waals surface area contributed by atoms with Crippen LogP contribution >= 0.6 is 0 Å². The van der Waals surface area contributed by atoms with E-state index in [1.165, 1.54) is 12.1 Å². The molecule has 0 aromatic heterocycles. The van der Waals surface area contributed by atoms with Crippen LogP contribution in [0.2, 0.25) is 22.7 Å². The summed E-state index contributed by atoms with van der Waals surface area (Å²) >= 11 is 0. The molecule has 124 valence electrons. The number of carboxylic acid groups (broad SMARTS) is 1. The summed E-state index contributed by atoms with van der Waals surface area (Å²) in [7, 11) is -1.46. The minimum absolute atomic E-state index is 0.293. The monoisotopic (exact) mass is 321 g/mol. The SMILES string of the molecule is CC(C)[Si](CCc1cc(N)cc(C(=O)O)c1)(C(C)C)C(C)C. The number of hydrogen-bond acceptors (Lipinski definition) is 2. The maximum absolute atomic E-state index is 11.2. The molecule has 0 aliphatic carbocycles. The van der Waals surface area contributed by atoms with Gasteiger partial charge in [-0.05, 0) is 30.2 Å². The average molecular weight is 322 g/mol. The normalized spacial score (nSPS) is 12.4. The van der Waals surface area contributed by atoms with Crippen LogP contribution in [-0.4, -0.2) is 19.1 Å². The summed E-state index contributed by atoms with van der Waals surface area (Å²) < 4.78 is 0. The lowest BCUT2D eigenvalue weighted by molar-refractivity contribution is 0.0697. The molecular weight excluding hydrogens is 290 g/mol. The number of benzene rings is 1. The first kappa shape index (κ1) is 18.8. The Labute approximate surface area is 135 Å². The molecule has 0 saturated heterocycles. The van der Waals surface area contributed by atoms with Crippen molar-refractivity contribution in [3.63, 3.8) is 0 Å². The summed E-state index contributed by atoms with van der Waals surface area (Å²) in [5, 5.41) is 9.18. The van der Waals surface area contributed by atoms with Crippen molar-refractivity contribution >= 4 is 19.7 Å². The van der Waals surface area contributed by atoms with Gasteiger partial charge in [0.05, 0.1) is 13.6 Å². The van der Waals surface area contributed by atoms with Crippen molar-refractivity contribution in [1.29, 1.82) is 0 Å². The molecule has 0 spiro atoms. The van der Waals surface area contributed by atoms with Crippen LogP contribution in [0.5, 0.6) is 0 Å². The third-order valence-electron chi connectivity index (χ3n) is 5.33. The molecule has 1 rings (SSSR count). The lowest BCUT2D eigenvalue weighted by atomic mass is 10.1. The summed E-state index contributed by atoms with van der Waals surface area (Å²) in [6, 6.07) is 6.41. The zero-order valence-corrected chi connectivity index (χ0v) is 15.8. The number of carboxylic acids is 1. The van der Waals surface area contributed by atoms with Crippen LogP contribution in [-0.2, 0) is 6.42 Å². The quantitative estimate of drug-likeness (QED) is 0.536. The number of carbonyl (C=O) groups is 1. The van der Waals surface area contributed by atoms with E-state index in [9.17, 15) is 9.90 Å². The maximum Gasteiger partial charge on any atom is 0.335 e. The molecule has 0 aliphatic rings. The fourth-order valence-electron chi connectivity index (χ4n) is 4.21. The molecule has 0 amide bonds. The second-order valence-electron chi connectivity index (χ2n) is 7.34. The molecule has 3 nitrogen and oxygen atoms in total. The fourth-order valence-corrected chi connectivity index (χ4v) is 10.7. The highest BCUT2D eigenvalue weighted by molar-refractivity contribution is 6.83. The largest absolute Gasteiger partial charge is 0.478 e. The molecule has 0 fully saturated rings. The summed E-state index contributed by atoms with van der Waals surface area (Å²) in [5.74, 6) is -0.909. The number of nitrogens with two attached hydrogens (primary N) is 1. The minimum atomic E-state index is -1.46. The predicted molar refractivity (Wildman–Crippen MR) is 97.4 cm³/mol. The predicted octanol–water partition coefficient (Wildman–Crippen LogP) is 5.19. The van der Waals surface area contributed by atoms with E-state index >= 15 is 0 Å². The van der Waals surface area contributed by atoms with Gasteiger partial charge >= 0.3 is 5.97 Å². The highest BCUT2D eigenvalue weighted by atomic mass is 28.3. The van der Waals surface area contributed by atoms with Crippen molar-refractivity contribution in [2.75, 3.05) is 5.73 Å². The molecule has 0 atom stereocenters. The highest BCUT2D eigenvalue weighted by Gasteiger charge is 2.41. The van der Waals surface area contributed by atoms with Crippen LogP contribution in [0.1, 0.15) is 57.5 Å². The zero-order valence-electron chi connectivity index (χ0n) is 14.8. The number of anilines is 1. The second kappa shape index (κ2) is 7.31. The Morgan fingerprint density at radius 1 is 1.05 bits per heavy atom. The zero-order chi connectivity index (χ0) is 17.1. The Morgan fingerprint density at radius 2 is 1.55 bits per heavy atom. The van der Waals surface area contributed by atoms with Crippen LogP contribution in [0.4, 0.5) is 5.69 Å². The third-order valence-corrected chi connectivity index (χ3v) is 12.9. The molecular formula is C18H31NO2Si. The van der Waals surface area contributed by atoms with Gasteiger partial charge in [-0.25, -0.2) is 4.79 Å². The van der Waals surface area contributed by atoms with Crippen LogP contribution < -0.4 is 5.73 Å². The first-order chi connectivity index (χ1) is 10.1. The van der Waals surface area contributed by atoms with Gasteiger partial charge in [0.25, 0.3) is 0 Å². The van der Waals surface area contributed by atoms with E-state index in [1.807, 2.05) is 6.07 Å². The molecule has 22 heavy (non-hydrogen) atoms. The van der Waals surface area contributed by atoms with Gasteiger partial charge in [-0.15, -0.1) is 0 Å². The Morgan fingerprint density at radius 3 is 1.95 bits per heavy atom. The first-order valence-corrected chi connectivity index (χ1v) is 10.7. The summed E-state index contributed by atoms with van der Waals surface area (Å²) in [6.07, 6.45) is 0.923. The van der Waals surface area contributed by atoms with Crippen molar-refractivity contribution < 1.29 is 9.90 Å². The van der Waals surface area contributed by atoms with Gasteiger partial charge in [-0.2, -0.15) is 0 Å². The van der Waals surface area contributed by atoms with Gasteiger partial charge in [0.15, 0.2) is 0 Å². The van der Waals surface area contributed by atoms with E-state index in [1.54, 1.807) is 6.07 Å². The molecule has 0 aliphatic heterocycles. The van der Waals surface area contributed by atoms with Gasteiger partial charge in [0, 0.05) is 5.69 Å². The smallest absolute Gasteiger partial charge is 0.335 e. The van der Waals surface area contributed by atoms with Crippen LogP contribution in [0.15, 0.2) is 18.2 Å². The molecule has 0 radical (unpaired) electrons. The Bertz CT molecular complexity index is 502. The van der Waals surface area contributed by atoms with Crippen molar-refractivity contribution in [3.05, 3.63) is 29.3 Å². The summed E-state index contributed by atoms with van der Waals surface area (Å²) in [5.41, 5.74) is 9.90. The topological polar surface area (TPSA) is 63.3 Å². The van der Waals surface area contributed by atoms with E-state index in [2.05, 4.69) is 41.5 Å². The molecule has 3 N–H and O–H groups in total. The number of aryl methyl sites for hydroxylation is 1. The fraction of sp³-hybridized carbons (Fsp3) is 0.611. The molecule has 0 bridgehead atoms. The summed E-state index contributed by atoms with van der Waals surface area (Å²) in [6.45, 7) is 14.1. The van der Waals surface area contributed by atoms with Crippen LogP contribution in [0.25, 0.3) is 0 Å². The van der Waals surface area contributed by atoms with Crippen LogP contribution in [0.3, 0.4) is 0 Å². The lowest BCUT2D eigenvalue weighted by Gasteiger charge is -2.43. The number of rotatable bonds is 7. The minimum Gasteiger partial charge on any atom is -0.478 e. The molecule has 0 unspecified atom stereocenters. The molecule has 1 aromatic carbocycles. The van der Waals surface area contributed by atoms with E-state index < -0.39 is 14.0 Å². The third kappa shape index (κ3) is 3.91. The number of hydrogen-bond donors (Lipinski definition) is 2. The Balaban J connectivity index is 3.06. The van der Waals surface area contributed by atoms with Gasteiger partial charge in [-0.1, -0.05) is 64.2 Å². The Kier molecular flexibility index (Phi) is 6.24. The molecule has 0 saturated carbocycles. The lowest BCUT2D eigenvalue weighted by Crippen LogP contribution is -2.44. The first-order valence-electron chi connectivity index (χ1n) is 8.24. The second-order valence-corrected chi connectivity index (χ2v) is 13.5. The molecule has 0 heterocycles. The number of nitrogen functional groups attached to an aromatic ring is 1. The maximum atomic E-state index is 11.2. The summed E-state index contributed by atoms with van der Waals surface area (Å²) in [4.78, 5) is 11.2. The van der Waals surface area contributed by atoms with Gasteiger partial charge in [0.1, 0.15) is 0 Å². The van der Waals surface area contributed by atoms with E-state index in [0.717, 1.165) is 12.0 Å². The Hall–Kier alpha value is -1.29. The number of aromatic carboxylic acids is 1.